The lowest BCUT2D eigenvalue weighted by molar-refractivity contribution is 0.0957. The first kappa shape index (κ1) is 19.8. The smallest absolute Gasteiger partial charge is 0.253 e. The van der Waals surface area contributed by atoms with E-state index in [0.717, 1.165) is 22.2 Å². The van der Waals surface area contributed by atoms with Gasteiger partial charge in [0.05, 0.1) is 17.8 Å². The van der Waals surface area contributed by atoms with Crippen LogP contribution in [0.3, 0.4) is 0 Å². The number of pyridine rings is 1. The van der Waals surface area contributed by atoms with Crippen LogP contribution < -0.4 is 10.6 Å². The molecule has 7 heteroatoms. The maximum atomic E-state index is 12.3. The maximum Gasteiger partial charge on any atom is 0.253 e. The molecular formula is C21H25N5OS. The Morgan fingerprint density at radius 3 is 2.68 bits per heavy atom. The number of aryl methyl sites for hydroxylation is 1. The van der Waals surface area contributed by atoms with E-state index in [1.165, 1.54) is 11.3 Å². The predicted molar refractivity (Wildman–Crippen MR) is 115 cm³/mol. The van der Waals surface area contributed by atoms with E-state index in [2.05, 4.69) is 48.0 Å². The van der Waals surface area contributed by atoms with E-state index < -0.39 is 0 Å². The van der Waals surface area contributed by atoms with Crippen molar-refractivity contribution in [2.24, 2.45) is 0 Å². The molecule has 2 N–H and O–H groups in total. The molecule has 6 nitrogen and oxygen atoms in total. The molecular weight excluding hydrogens is 370 g/mol. The van der Waals surface area contributed by atoms with Gasteiger partial charge in [-0.05, 0) is 45.9 Å². The second kappa shape index (κ2) is 7.98. The summed E-state index contributed by atoms with van der Waals surface area (Å²) in [7, 11) is 0. The zero-order chi connectivity index (χ0) is 20.3. The Morgan fingerprint density at radius 2 is 2.00 bits per heavy atom. The molecule has 0 aromatic carbocycles. The minimum Gasteiger partial charge on any atom is -0.348 e. The molecule has 146 valence electrons. The summed E-state index contributed by atoms with van der Waals surface area (Å²) < 4.78 is 2.02. The van der Waals surface area contributed by atoms with Crippen molar-refractivity contribution in [3.8, 4) is 11.4 Å². The van der Waals surface area contributed by atoms with Crippen LogP contribution in [-0.4, -0.2) is 27.0 Å². The maximum absolute atomic E-state index is 12.3. The van der Waals surface area contributed by atoms with Gasteiger partial charge in [-0.15, -0.1) is 11.3 Å². The van der Waals surface area contributed by atoms with Crippen molar-refractivity contribution in [2.45, 2.75) is 33.2 Å². The SMILES string of the molecule is C=C(CNC(=O)c1ccn(C(C)(C)C)c1)Nc1nc(-c2cccc(C)n2)cs1. The average Bonchev–Trinajstić information content (AvgIpc) is 3.29. The number of nitrogens with zero attached hydrogens (tertiary/aromatic N) is 3. The summed E-state index contributed by atoms with van der Waals surface area (Å²) in [6.07, 6.45) is 3.77. The first-order valence-electron chi connectivity index (χ1n) is 9.03. The fourth-order valence-corrected chi connectivity index (χ4v) is 3.32. The highest BCUT2D eigenvalue weighted by atomic mass is 32.1. The molecule has 0 radical (unpaired) electrons. The second-order valence-corrected chi connectivity index (χ2v) is 8.45. The Hall–Kier alpha value is -2.93. The van der Waals surface area contributed by atoms with E-state index >= 15 is 0 Å². The number of hydrogen-bond donors (Lipinski definition) is 2. The van der Waals surface area contributed by atoms with Crippen molar-refractivity contribution in [3.63, 3.8) is 0 Å². The number of anilines is 1. The highest BCUT2D eigenvalue weighted by Gasteiger charge is 2.15. The van der Waals surface area contributed by atoms with Crippen LogP contribution in [-0.2, 0) is 5.54 Å². The Balaban J connectivity index is 1.55. The molecule has 0 aliphatic heterocycles. The van der Waals surface area contributed by atoms with Crippen molar-refractivity contribution >= 4 is 22.4 Å². The third-order valence-corrected chi connectivity index (χ3v) is 4.89. The number of carbonyl (C=O) groups excluding carboxylic acids is 1. The summed E-state index contributed by atoms with van der Waals surface area (Å²) in [5, 5.41) is 8.70. The molecule has 1 amide bonds. The number of aromatic nitrogens is 3. The fraction of sp³-hybridized carbons (Fsp3) is 0.286. The molecule has 3 heterocycles. The normalized spacial score (nSPS) is 11.3. The standard InChI is InChI=1S/C21H25N5OS/c1-14-7-6-8-17(23-14)18-13-28-20(25-18)24-15(2)11-22-19(27)16-9-10-26(12-16)21(3,4)5/h6-10,12-13H,2,11H2,1,3-5H3,(H,22,27)(H,24,25). The molecule has 0 aliphatic rings. The first-order valence-corrected chi connectivity index (χ1v) is 9.91. The lowest BCUT2D eigenvalue weighted by Crippen LogP contribution is -2.27. The van der Waals surface area contributed by atoms with Gasteiger partial charge < -0.3 is 15.2 Å². The lowest BCUT2D eigenvalue weighted by Gasteiger charge is -2.20. The Morgan fingerprint density at radius 1 is 1.21 bits per heavy atom. The number of carbonyl (C=O) groups is 1. The molecule has 0 unspecified atom stereocenters. The van der Waals surface area contributed by atoms with Crippen LogP contribution in [0.15, 0.2) is 54.3 Å². The van der Waals surface area contributed by atoms with Gasteiger partial charge in [-0.3, -0.25) is 9.78 Å². The number of nitrogens with one attached hydrogen (secondary N) is 2. The van der Waals surface area contributed by atoms with Gasteiger partial charge in [0.2, 0.25) is 0 Å². The molecule has 0 saturated heterocycles. The van der Waals surface area contributed by atoms with Crippen LogP contribution in [0.25, 0.3) is 11.4 Å². The summed E-state index contributed by atoms with van der Waals surface area (Å²) in [6.45, 7) is 12.5. The summed E-state index contributed by atoms with van der Waals surface area (Å²) in [6, 6.07) is 7.67. The van der Waals surface area contributed by atoms with Gasteiger partial charge in [-0.25, -0.2) is 4.98 Å². The molecule has 0 bridgehead atoms. The minimum atomic E-state index is -0.130. The van der Waals surface area contributed by atoms with Crippen molar-refractivity contribution in [1.29, 1.82) is 0 Å². The monoisotopic (exact) mass is 395 g/mol. The van der Waals surface area contributed by atoms with Gasteiger partial charge >= 0.3 is 0 Å². The molecule has 0 spiro atoms. The highest BCUT2D eigenvalue weighted by molar-refractivity contribution is 7.14. The van der Waals surface area contributed by atoms with Crippen molar-refractivity contribution in [1.82, 2.24) is 19.9 Å². The molecule has 0 atom stereocenters. The topological polar surface area (TPSA) is 71.8 Å². The van der Waals surface area contributed by atoms with Gasteiger partial charge in [0.15, 0.2) is 5.13 Å². The summed E-state index contributed by atoms with van der Waals surface area (Å²) in [5.41, 5.74) is 3.85. The van der Waals surface area contributed by atoms with Gasteiger partial charge in [0.25, 0.3) is 5.91 Å². The molecule has 3 rings (SSSR count). The van der Waals surface area contributed by atoms with Gasteiger partial charge in [-0.2, -0.15) is 0 Å². The lowest BCUT2D eigenvalue weighted by atomic mass is 10.1. The number of rotatable bonds is 6. The van der Waals surface area contributed by atoms with Gasteiger partial charge in [0, 0.05) is 34.7 Å². The summed E-state index contributed by atoms with van der Waals surface area (Å²) >= 11 is 1.48. The van der Waals surface area contributed by atoms with Crippen LogP contribution in [0.2, 0.25) is 0 Å². The highest BCUT2D eigenvalue weighted by Crippen LogP contribution is 2.24. The van der Waals surface area contributed by atoms with Crippen LogP contribution in [0.5, 0.6) is 0 Å². The number of thiazole rings is 1. The van der Waals surface area contributed by atoms with Crippen LogP contribution in [0, 0.1) is 6.92 Å². The Labute approximate surface area is 169 Å². The third-order valence-electron chi connectivity index (χ3n) is 4.13. The zero-order valence-electron chi connectivity index (χ0n) is 16.6. The van der Waals surface area contributed by atoms with E-state index in [0.29, 0.717) is 17.8 Å². The molecule has 3 aromatic rings. The molecule has 3 aromatic heterocycles. The summed E-state index contributed by atoms with van der Waals surface area (Å²) in [5.74, 6) is -0.130. The molecule has 28 heavy (non-hydrogen) atoms. The first-order chi connectivity index (χ1) is 13.2. The van der Waals surface area contributed by atoms with Crippen molar-refractivity contribution in [2.75, 3.05) is 11.9 Å². The fourth-order valence-electron chi connectivity index (χ4n) is 2.57. The van der Waals surface area contributed by atoms with E-state index in [1.807, 2.05) is 53.5 Å². The Bertz CT molecular complexity index is 996. The quantitative estimate of drug-likeness (QED) is 0.648. The second-order valence-electron chi connectivity index (χ2n) is 7.59. The van der Waals surface area contributed by atoms with E-state index in [4.69, 9.17) is 0 Å². The zero-order valence-corrected chi connectivity index (χ0v) is 17.4. The Kier molecular flexibility index (Phi) is 5.65. The van der Waals surface area contributed by atoms with Crippen LogP contribution in [0.1, 0.15) is 36.8 Å². The van der Waals surface area contributed by atoms with Crippen molar-refractivity contribution < 1.29 is 4.79 Å². The average molecular weight is 396 g/mol. The summed E-state index contributed by atoms with van der Waals surface area (Å²) in [4.78, 5) is 21.4. The largest absolute Gasteiger partial charge is 0.348 e. The molecule has 0 saturated carbocycles. The predicted octanol–water partition coefficient (Wildman–Crippen LogP) is 4.43. The molecule has 0 fully saturated rings. The van der Waals surface area contributed by atoms with E-state index in [-0.39, 0.29) is 11.4 Å². The molecule has 0 aliphatic carbocycles. The number of amides is 1. The van der Waals surface area contributed by atoms with Crippen LogP contribution >= 0.6 is 11.3 Å². The van der Waals surface area contributed by atoms with Gasteiger partial charge in [0.1, 0.15) is 5.69 Å². The van der Waals surface area contributed by atoms with E-state index in [9.17, 15) is 4.79 Å². The number of hydrogen-bond acceptors (Lipinski definition) is 5. The van der Waals surface area contributed by atoms with Gasteiger partial charge in [-0.1, -0.05) is 12.6 Å². The minimum absolute atomic E-state index is 0.0572. The van der Waals surface area contributed by atoms with Crippen LogP contribution in [0.4, 0.5) is 5.13 Å². The van der Waals surface area contributed by atoms with E-state index in [1.54, 1.807) is 0 Å². The third kappa shape index (κ3) is 4.86. The van der Waals surface area contributed by atoms with Crippen molar-refractivity contribution in [3.05, 3.63) is 65.6 Å².